The summed E-state index contributed by atoms with van der Waals surface area (Å²) in [6.07, 6.45) is 17.4. The maximum absolute atomic E-state index is 14.3. The summed E-state index contributed by atoms with van der Waals surface area (Å²) in [6.45, 7) is 3.53. The Hall–Kier alpha value is -2.74. The molecule has 1 aromatic heterocycles. The Morgan fingerprint density at radius 3 is 2.33 bits per heavy atom. The summed E-state index contributed by atoms with van der Waals surface area (Å²) in [5.74, 6) is 0.956. The second-order valence-corrected chi connectivity index (χ2v) is 14.5. The van der Waals surface area contributed by atoms with Gasteiger partial charge in [0.2, 0.25) is 5.91 Å². The summed E-state index contributed by atoms with van der Waals surface area (Å²) in [7, 11) is 2.25. The molecule has 0 radical (unpaired) electrons. The topological polar surface area (TPSA) is 66.3 Å². The normalized spacial score (nSPS) is 23.2. The molecule has 1 atom stereocenters. The van der Waals surface area contributed by atoms with Crippen LogP contribution >= 0.6 is 11.6 Å². The fourth-order valence-electron chi connectivity index (χ4n) is 8.48. The quantitative estimate of drug-likeness (QED) is 0.253. The van der Waals surface area contributed by atoms with Crippen LogP contribution in [0, 0.1) is 11.3 Å². The van der Waals surface area contributed by atoms with Crippen LogP contribution in [0.5, 0.6) is 0 Å². The number of carbonyl (C=O) groups excluding carboxylic acids is 1. The highest BCUT2D eigenvalue weighted by molar-refractivity contribution is 6.30. The van der Waals surface area contributed by atoms with Crippen LogP contribution in [-0.2, 0) is 24.3 Å². The SMILES string of the molecule is CN(Cc1ccccc1)C1CCC(N[C@H](Cc2ccc(Cl)cc2)C(=O)N2CCC(Cn3cncn3)(C3CCCCC3)CC2)CC1. The third-order valence-corrected chi connectivity index (χ3v) is 11.4. The van der Waals surface area contributed by atoms with E-state index in [9.17, 15) is 4.79 Å². The van der Waals surface area contributed by atoms with Gasteiger partial charge < -0.3 is 10.2 Å². The van der Waals surface area contributed by atoms with Gasteiger partial charge in [0.15, 0.2) is 0 Å². The number of hydrogen-bond donors (Lipinski definition) is 1. The summed E-state index contributed by atoms with van der Waals surface area (Å²) >= 11 is 6.21. The molecule has 3 fully saturated rings. The van der Waals surface area contributed by atoms with Gasteiger partial charge >= 0.3 is 0 Å². The lowest BCUT2D eigenvalue weighted by atomic mass is 9.63. The van der Waals surface area contributed by atoms with E-state index < -0.39 is 0 Å². The molecule has 8 heteroatoms. The predicted molar refractivity (Wildman–Crippen MR) is 181 cm³/mol. The van der Waals surface area contributed by atoms with Crippen LogP contribution < -0.4 is 5.32 Å². The fraction of sp³-hybridized carbons (Fsp3) is 0.595. The lowest BCUT2D eigenvalue weighted by molar-refractivity contribution is -0.137. The first-order valence-electron chi connectivity index (χ1n) is 17.3. The maximum Gasteiger partial charge on any atom is 0.240 e. The molecule has 0 spiro atoms. The van der Waals surface area contributed by atoms with E-state index in [1.807, 2.05) is 23.1 Å². The molecule has 45 heavy (non-hydrogen) atoms. The molecule has 1 amide bonds. The minimum atomic E-state index is -0.229. The van der Waals surface area contributed by atoms with Crippen molar-refractivity contribution in [3.05, 3.63) is 83.4 Å². The number of halogens is 1. The zero-order chi connectivity index (χ0) is 31.1. The minimum Gasteiger partial charge on any atom is -0.341 e. The van der Waals surface area contributed by atoms with E-state index in [1.165, 1.54) is 37.7 Å². The summed E-state index contributed by atoms with van der Waals surface area (Å²) in [5, 5.41) is 9.10. The first-order valence-corrected chi connectivity index (χ1v) is 17.7. The lowest BCUT2D eigenvalue weighted by Gasteiger charge is -2.48. The van der Waals surface area contributed by atoms with Gasteiger partial charge in [0.05, 0.1) is 6.04 Å². The number of rotatable bonds is 11. The number of benzene rings is 2. The Morgan fingerprint density at radius 1 is 0.956 bits per heavy atom. The number of nitrogens with zero attached hydrogens (tertiary/aromatic N) is 5. The van der Waals surface area contributed by atoms with Gasteiger partial charge in [-0.1, -0.05) is 73.3 Å². The molecule has 1 saturated heterocycles. The highest BCUT2D eigenvalue weighted by atomic mass is 35.5. The highest BCUT2D eigenvalue weighted by Crippen LogP contribution is 2.47. The third-order valence-electron chi connectivity index (χ3n) is 11.2. The highest BCUT2D eigenvalue weighted by Gasteiger charge is 2.44. The smallest absolute Gasteiger partial charge is 0.240 e. The number of amides is 1. The molecule has 1 aliphatic heterocycles. The van der Waals surface area contributed by atoms with Crippen molar-refractivity contribution in [1.82, 2.24) is 29.9 Å². The number of aromatic nitrogens is 3. The van der Waals surface area contributed by atoms with Crippen molar-refractivity contribution < 1.29 is 4.79 Å². The minimum absolute atomic E-state index is 0.189. The Labute approximate surface area is 274 Å². The molecule has 7 nitrogen and oxygen atoms in total. The Kier molecular flexibility index (Phi) is 10.9. The van der Waals surface area contributed by atoms with Crippen molar-refractivity contribution in [1.29, 1.82) is 0 Å². The molecule has 2 aliphatic carbocycles. The molecule has 2 aromatic carbocycles. The van der Waals surface area contributed by atoms with Gasteiger partial charge in [-0.3, -0.25) is 14.4 Å². The second kappa shape index (κ2) is 15.2. The second-order valence-electron chi connectivity index (χ2n) is 14.1. The van der Waals surface area contributed by atoms with Crippen molar-refractivity contribution in [2.75, 3.05) is 20.1 Å². The predicted octanol–water partition coefficient (Wildman–Crippen LogP) is 6.76. The fourth-order valence-corrected chi connectivity index (χ4v) is 8.61. The van der Waals surface area contributed by atoms with Crippen LogP contribution in [0.4, 0.5) is 0 Å². The maximum atomic E-state index is 14.3. The Morgan fingerprint density at radius 2 is 1.67 bits per heavy atom. The van der Waals surface area contributed by atoms with Crippen LogP contribution in [-0.4, -0.2) is 68.7 Å². The zero-order valence-corrected chi connectivity index (χ0v) is 27.8. The van der Waals surface area contributed by atoms with E-state index in [0.717, 1.165) is 75.3 Å². The van der Waals surface area contributed by atoms with E-state index in [4.69, 9.17) is 11.6 Å². The van der Waals surface area contributed by atoms with Gasteiger partial charge in [-0.2, -0.15) is 5.10 Å². The van der Waals surface area contributed by atoms with Gasteiger partial charge in [0, 0.05) is 43.3 Å². The summed E-state index contributed by atoms with van der Waals surface area (Å²) in [5.41, 5.74) is 2.71. The van der Waals surface area contributed by atoms with Crippen molar-refractivity contribution in [3.8, 4) is 0 Å². The standard InChI is InChI=1S/C37H51ClN6O/c1-42(25-30-8-4-2-5-9-30)34-18-16-33(17-19-34)41-35(24-29-12-14-32(38)15-13-29)36(45)43-22-20-37(21-23-43,26-44-28-39-27-40-44)31-10-6-3-7-11-31/h2,4-5,8-9,12-15,27-28,31,33-35,41H,3,6-7,10-11,16-26H2,1H3/t33?,34?,35-/m1/s1. The molecule has 2 saturated carbocycles. The van der Waals surface area contributed by atoms with Crippen molar-refractivity contribution in [2.45, 2.75) is 108 Å². The summed E-state index contributed by atoms with van der Waals surface area (Å²) < 4.78 is 2.03. The molecule has 0 bridgehead atoms. The molecule has 6 rings (SSSR count). The van der Waals surface area contributed by atoms with Crippen LogP contribution in [0.1, 0.15) is 81.8 Å². The molecule has 1 N–H and O–H groups in total. The van der Waals surface area contributed by atoms with E-state index in [2.05, 4.69) is 74.7 Å². The number of carbonyl (C=O) groups is 1. The van der Waals surface area contributed by atoms with Gasteiger partial charge in [-0.15, -0.1) is 0 Å². The average Bonchev–Trinajstić information content (AvgIpc) is 3.59. The van der Waals surface area contributed by atoms with Crippen molar-refractivity contribution in [2.24, 2.45) is 11.3 Å². The molecular formula is C37H51ClN6O. The summed E-state index contributed by atoms with van der Waals surface area (Å²) in [6, 6.07) is 19.5. The largest absolute Gasteiger partial charge is 0.341 e. The van der Waals surface area contributed by atoms with E-state index in [1.54, 1.807) is 6.33 Å². The van der Waals surface area contributed by atoms with Crippen LogP contribution in [0.15, 0.2) is 67.3 Å². The van der Waals surface area contributed by atoms with Crippen molar-refractivity contribution in [3.63, 3.8) is 0 Å². The van der Waals surface area contributed by atoms with Crippen LogP contribution in [0.3, 0.4) is 0 Å². The first kappa shape index (κ1) is 32.2. The average molecular weight is 631 g/mol. The molecule has 3 aliphatic rings. The van der Waals surface area contributed by atoms with Gasteiger partial charge in [-0.25, -0.2) is 4.98 Å². The molecule has 2 heterocycles. The third kappa shape index (κ3) is 8.35. The first-order chi connectivity index (χ1) is 22.0. The zero-order valence-electron chi connectivity index (χ0n) is 27.0. The van der Waals surface area contributed by atoms with Crippen LogP contribution in [0.25, 0.3) is 0 Å². The molecule has 0 unspecified atom stereocenters. The number of likely N-dealkylation sites (tertiary alicyclic amines) is 1. The number of piperidine rings is 1. The van der Waals surface area contributed by atoms with E-state index >= 15 is 0 Å². The Bertz CT molecular complexity index is 1310. The van der Waals surface area contributed by atoms with Gasteiger partial charge in [0.1, 0.15) is 12.7 Å². The number of hydrogen-bond acceptors (Lipinski definition) is 5. The monoisotopic (exact) mass is 630 g/mol. The van der Waals surface area contributed by atoms with Gasteiger partial charge in [0.25, 0.3) is 0 Å². The van der Waals surface area contributed by atoms with E-state index in [0.29, 0.717) is 24.4 Å². The Balaban J connectivity index is 1.10. The van der Waals surface area contributed by atoms with Crippen LogP contribution in [0.2, 0.25) is 5.02 Å². The summed E-state index contributed by atoms with van der Waals surface area (Å²) in [4.78, 5) is 23.2. The van der Waals surface area contributed by atoms with E-state index in [-0.39, 0.29) is 17.4 Å². The van der Waals surface area contributed by atoms with Gasteiger partial charge in [-0.05, 0) is 99.4 Å². The molecule has 3 aromatic rings. The molecular weight excluding hydrogens is 580 g/mol. The lowest BCUT2D eigenvalue weighted by Crippen LogP contribution is -2.56. The molecule has 242 valence electrons. The number of nitrogens with one attached hydrogen (secondary N) is 1. The van der Waals surface area contributed by atoms with Crippen molar-refractivity contribution >= 4 is 17.5 Å².